The van der Waals surface area contributed by atoms with Crippen molar-refractivity contribution in [1.29, 1.82) is 0 Å². The zero-order valence-corrected chi connectivity index (χ0v) is 7.50. The monoisotopic (exact) mass is 134 g/mol. The number of hydrogen-bond acceptors (Lipinski definition) is 0. The Morgan fingerprint density at radius 1 is 1.12 bits per heavy atom. The zero-order valence-electron chi connectivity index (χ0n) is 6.60. The Balaban J connectivity index is 3.39. The first-order valence-corrected chi connectivity index (χ1v) is 5.29. The molecule has 0 amide bonds. The second-order valence-electron chi connectivity index (χ2n) is 3.51. The van der Waals surface area contributed by atoms with Gasteiger partial charge in [0.05, 0.1) is 27.4 Å². The van der Waals surface area contributed by atoms with Crippen LogP contribution in [0.1, 0.15) is 0 Å². The van der Waals surface area contributed by atoms with Gasteiger partial charge in [0.25, 0.3) is 0 Å². The van der Waals surface area contributed by atoms with E-state index in [4.69, 9.17) is 0 Å². The lowest BCUT2D eigenvalue weighted by molar-refractivity contribution is -0.858. The molecule has 0 aromatic rings. The van der Waals surface area contributed by atoms with Crippen LogP contribution in [0, 0.1) is 0 Å². The molecule has 0 rings (SSSR count). The molecule has 0 N–H and O–H groups in total. The molecule has 0 radical (unpaired) electrons. The molecule has 8 heavy (non-hydrogen) atoms. The molecule has 0 bridgehead atoms. The third-order valence-corrected chi connectivity index (χ3v) is 2.12. The van der Waals surface area contributed by atoms with Gasteiger partial charge in [-0.25, -0.2) is 0 Å². The quantitative estimate of drug-likeness (QED) is 0.395. The number of nitrogens with zero attached hydrogens (tertiary/aromatic N) is 1. The minimum atomic E-state index is 0.284. The summed E-state index contributed by atoms with van der Waals surface area (Å²) in [6.45, 7) is 4.64. The third-order valence-electron chi connectivity index (χ3n) is 0.707. The highest BCUT2D eigenvalue weighted by Crippen LogP contribution is 2.26. The van der Waals surface area contributed by atoms with Crippen LogP contribution in [0.25, 0.3) is 0 Å². The molecular weight excluding hydrogens is 117 g/mol. The molecule has 0 aromatic carbocycles. The maximum atomic E-state index is 2.32. The van der Waals surface area contributed by atoms with E-state index in [0.717, 1.165) is 4.48 Å². The smallest absolute Gasteiger partial charge is 0.0953 e. The Hall–Kier alpha value is 0.390. The highest BCUT2D eigenvalue weighted by atomic mass is 31.1. The molecule has 0 fully saturated rings. The van der Waals surface area contributed by atoms with Crippen LogP contribution in [-0.2, 0) is 0 Å². The molecular formula is C6H17NP+. The van der Waals surface area contributed by atoms with Crippen molar-refractivity contribution in [3.05, 3.63) is 0 Å². The predicted molar refractivity (Wildman–Crippen MR) is 41.7 cm³/mol. The highest BCUT2D eigenvalue weighted by molar-refractivity contribution is 7.55. The van der Waals surface area contributed by atoms with Crippen LogP contribution < -0.4 is 0 Å². The minimum absolute atomic E-state index is 0.284. The average molecular weight is 134 g/mol. The summed E-state index contributed by atoms with van der Waals surface area (Å²) in [5.41, 5.74) is 0. The van der Waals surface area contributed by atoms with Crippen LogP contribution in [0.3, 0.4) is 0 Å². The summed E-state index contributed by atoms with van der Waals surface area (Å²) in [5.74, 6) is 0. The van der Waals surface area contributed by atoms with Crippen molar-refractivity contribution in [2.45, 2.75) is 0 Å². The molecule has 50 valence electrons. The maximum Gasteiger partial charge on any atom is 0.0953 e. The fourth-order valence-corrected chi connectivity index (χ4v) is 2.55. The highest BCUT2D eigenvalue weighted by Gasteiger charge is 2.07. The molecule has 0 heterocycles. The molecule has 2 heteroatoms. The van der Waals surface area contributed by atoms with E-state index in [-0.39, 0.29) is 7.92 Å². The van der Waals surface area contributed by atoms with Gasteiger partial charge in [-0.1, -0.05) is 7.92 Å². The fourth-order valence-electron chi connectivity index (χ4n) is 0.849. The van der Waals surface area contributed by atoms with Gasteiger partial charge < -0.3 is 4.48 Å². The molecule has 1 nitrogen and oxygen atoms in total. The van der Waals surface area contributed by atoms with E-state index in [9.17, 15) is 0 Å². The largest absolute Gasteiger partial charge is 0.328 e. The van der Waals surface area contributed by atoms with Crippen molar-refractivity contribution in [2.24, 2.45) is 0 Å². The van der Waals surface area contributed by atoms with Crippen molar-refractivity contribution < 1.29 is 4.48 Å². The predicted octanol–water partition coefficient (Wildman–Crippen LogP) is 1.39. The first kappa shape index (κ1) is 8.39. The lowest BCUT2D eigenvalue weighted by Gasteiger charge is -2.25. The van der Waals surface area contributed by atoms with Crippen LogP contribution >= 0.6 is 7.92 Å². The Labute approximate surface area is 54.0 Å². The zero-order chi connectivity index (χ0) is 6.78. The molecule has 0 spiro atoms. The van der Waals surface area contributed by atoms with Crippen LogP contribution in [-0.4, -0.2) is 45.2 Å². The van der Waals surface area contributed by atoms with Gasteiger partial charge in [-0.2, -0.15) is 0 Å². The van der Waals surface area contributed by atoms with Crippen LogP contribution in [0.2, 0.25) is 0 Å². The summed E-state index contributed by atoms with van der Waals surface area (Å²) < 4.78 is 1.11. The summed E-state index contributed by atoms with van der Waals surface area (Å²) in [4.78, 5) is 0. The summed E-state index contributed by atoms with van der Waals surface area (Å²) in [6, 6.07) is 0. The van der Waals surface area contributed by atoms with E-state index >= 15 is 0 Å². The van der Waals surface area contributed by atoms with Crippen molar-refractivity contribution in [3.8, 4) is 0 Å². The van der Waals surface area contributed by atoms with Crippen LogP contribution in [0.15, 0.2) is 0 Å². The van der Waals surface area contributed by atoms with Gasteiger partial charge in [-0.05, 0) is 13.3 Å². The van der Waals surface area contributed by atoms with Gasteiger partial charge in [0.15, 0.2) is 0 Å². The Morgan fingerprint density at radius 2 is 1.50 bits per heavy atom. The van der Waals surface area contributed by atoms with E-state index in [0.29, 0.717) is 0 Å². The van der Waals surface area contributed by atoms with Gasteiger partial charge in [-0.15, -0.1) is 0 Å². The van der Waals surface area contributed by atoms with Crippen molar-refractivity contribution in [2.75, 3.05) is 40.8 Å². The van der Waals surface area contributed by atoms with E-state index in [1.54, 1.807) is 0 Å². The van der Waals surface area contributed by atoms with E-state index < -0.39 is 0 Å². The van der Waals surface area contributed by atoms with Gasteiger partial charge in [0.1, 0.15) is 0 Å². The van der Waals surface area contributed by atoms with Gasteiger partial charge in [0.2, 0.25) is 0 Å². The molecule has 0 saturated heterocycles. The average Bonchev–Trinajstić information content (AvgIpc) is 1.21. The van der Waals surface area contributed by atoms with Crippen molar-refractivity contribution in [1.82, 2.24) is 0 Å². The summed E-state index contributed by atoms with van der Waals surface area (Å²) >= 11 is 0. The molecule has 0 aromatic heterocycles. The Morgan fingerprint density at radius 3 is 1.50 bits per heavy atom. The van der Waals surface area contributed by atoms with Crippen LogP contribution in [0.4, 0.5) is 0 Å². The van der Waals surface area contributed by atoms with Gasteiger partial charge in [0, 0.05) is 0 Å². The second kappa shape index (κ2) is 2.80. The lowest BCUT2D eigenvalue weighted by atomic mass is 10.8. The molecule has 0 saturated carbocycles. The second-order valence-corrected chi connectivity index (χ2v) is 5.95. The topological polar surface area (TPSA) is 0 Å². The van der Waals surface area contributed by atoms with Gasteiger partial charge in [-0.3, -0.25) is 0 Å². The number of quaternary nitrogens is 1. The fraction of sp³-hybridized carbons (Fsp3) is 1.00. The van der Waals surface area contributed by atoms with Crippen molar-refractivity contribution in [3.63, 3.8) is 0 Å². The Bertz CT molecular complexity index is 63.4. The molecule has 0 atom stereocenters. The normalized spacial score (nSPS) is 12.8. The summed E-state index contributed by atoms with van der Waals surface area (Å²) in [5, 5.41) is 0. The summed E-state index contributed by atoms with van der Waals surface area (Å²) in [7, 11) is 7.00. The SMILES string of the molecule is CP(C)C[N+](C)(C)C. The first-order valence-electron chi connectivity index (χ1n) is 2.87. The van der Waals surface area contributed by atoms with E-state index in [1.165, 1.54) is 6.29 Å². The Kier molecular flexibility index (Phi) is 2.93. The van der Waals surface area contributed by atoms with E-state index in [2.05, 4.69) is 34.5 Å². The van der Waals surface area contributed by atoms with Crippen molar-refractivity contribution >= 4 is 7.92 Å². The molecule has 0 aliphatic carbocycles. The first-order chi connectivity index (χ1) is 3.42. The molecule has 0 aliphatic rings. The third kappa shape index (κ3) is 6.39. The van der Waals surface area contributed by atoms with Crippen LogP contribution in [0.5, 0.6) is 0 Å². The van der Waals surface area contributed by atoms with E-state index in [1.807, 2.05) is 0 Å². The number of hydrogen-bond donors (Lipinski definition) is 0. The lowest BCUT2D eigenvalue weighted by Crippen LogP contribution is -2.34. The molecule has 0 aliphatic heterocycles. The summed E-state index contributed by atoms with van der Waals surface area (Å²) in [6.07, 6.45) is 1.33. The molecule has 0 unspecified atom stereocenters. The standard InChI is InChI=1S/C6H17NP/c1-7(2,3)6-8(4)5/h6H2,1-5H3/q+1. The maximum absolute atomic E-state index is 2.32. The number of rotatable bonds is 2. The van der Waals surface area contributed by atoms with Gasteiger partial charge >= 0.3 is 0 Å². The minimum Gasteiger partial charge on any atom is -0.328 e.